The largest absolute Gasteiger partial charge is 0.493 e. The predicted octanol–water partition coefficient (Wildman–Crippen LogP) is 3.30. The summed E-state index contributed by atoms with van der Waals surface area (Å²) in [6.07, 6.45) is 3.83. The summed E-state index contributed by atoms with van der Waals surface area (Å²) in [4.78, 5) is 24.2. The van der Waals surface area contributed by atoms with E-state index < -0.39 is 5.97 Å². The molecule has 7 nitrogen and oxygen atoms in total. The summed E-state index contributed by atoms with van der Waals surface area (Å²) in [6, 6.07) is 10.2. The van der Waals surface area contributed by atoms with Crippen LogP contribution in [0.1, 0.15) is 22.8 Å². The molecule has 29 heavy (non-hydrogen) atoms. The van der Waals surface area contributed by atoms with Gasteiger partial charge in [-0.1, -0.05) is 18.2 Å². The van der Waals surface area contributed by atoms with Gasteiger partial charge in [0.2, 0.25) is 0 Å². The van der Waals surface area contributed by atoms with E-state index in [9.17, 15) is 9.59 Å². The number of rotatable bonds is 8. The molecule has 1 heterocycles. The van der Waals surface area contributed by atoms with Crippen LogP contribution in [-0.4, -0.2) is 45.3 Å². The Bertz CT molecular complexity index is 917. The maximum absolute atomic E-state index is 12.3. The Labute approximate surface area is 168 Å². The maximum atomic E-state index is 12.3. The molecule has 1 aliphatic heterocycles. The molecule has 0 saturated heterocycles. The summed E-state index contributed by atoms with van der Waals surface area (Å²) in [6.45, 7) is 2.09. The number of allylic oxidation sites excluding steroid dienone is 1. The van der Waals surface area contributed by atoms with Gasteiger partial charge in [-0.05, 0) is 42.8 Å². The molecule has 0 aromatic heterocycles. The molecular weight excluding hydrogens is 376 g/mol. The molecule has 152 valence electrons. The summed E-state index contributed by atoms with van der Waals surface area (Å²) < 4.78 is 26.6. The summed E-state index contributed by atoms with van der Waals surface area (Å²) >= 11 is 0. The standard InChI is InChI=1S/C22H22O7/c1-3-4-15-5-7-18(20(11-15)25-2)28-14-22(24)29-13-17(23)16-6-8-19-21(12-16)27-10-9-26-19/h3-8,11-12H,9-10,13-14H2,1-2H3/b4-3+. The first-order chi connectivity index (χ1) is 14.1. The van der Waals surface area contributed by atoms with Crippen LogP contribution in [0.25, 0.3) is 6.08 Å². The van der Waals surface area contributed by atoms with E-state index >= 15 is 0 Å². The second-order valence-electron chi connectivity index (χ2n) is 6.14. The van der Waals surface area contributed by atoms with Gasteiger partial charge in [-0.25, -0.2) is 4.79 Å². The van der Waals surface area contributed by atoms with Gasteiger partial charge in [0.25, 0.3) is 0 Å². The SMILES string of the molecule is C/C=C/c1ccc(OCC(=O)OCC(=O)c2ccc3c(c2)OCCO3)c(OC)c1. The first-order valence-electron chi connectivity index (χ1n) is 9.12. The van der Waals surface area contributed by atoms with Crippen LogP contribution in [0.2, 0.25) is 0 Å². The van der Waals surface area contributed by atoms with E-state index in [1.807, 2.05) is 25.1 Å². The van der Waals surface area contributed by atoms with E-state index in [1.165, 1.54) is 7.11 Å². The monoisotopic (exact) mass is 398 g/mol. The predicted molar refractivity (Wildman–Crippen MR) is 106 cm³/mol. The number of fused-ring (bicyclic) bond motifs is 1. The van der Waals surface area contributed by atoms with E-state index in [2.05, 4.69) is 0 Å². The zero-order valence-corrected chi connectivity index (χ0v) is 16.3. The van der Waals surface area contributed by atoms with Crippen molar-refractivity contribution in [2.45, 2.75) is 6.92 Å². The van der Waals surface area contributed by atoms with Crippen molar-refractivity contribution >= 4 is 17.8 Å². The molecule has 3 rings (SSSR count). The summed E-state index contributed by atoms with van der Waals surface area (Å²) in [5.74, 6) is 1.01. The molecule has 0 unspecified atom stereocenters. The summed E-state index contributed by atoms with van der Waals surface area (Å²) in [7, 11) is 1.52. The van der Waals surface area contributed by atoms with Crippen LogP contribution >= 0.6 is 0 Å². The fourth-order valence-corrected chi connectivity index (χ4v) is 2.72. The smallest absolute Gasteiger partial charge is 0.344 e. The third-order valence-corrected chi connectivity index (χ3v) is 4.12. The van der Waals surface area contributed by atoms with Gasteiger partial charge in [-0.2, -0.15) is 0 Å². The Hall–Kier alpha value is -3.48. The van der Waals surface area contributed by atoms with Crippen molar-refractivity contribution in [3.05, 3.63) is 53.6 Å². The van der Waals surface area contributed by atoms with Crippen LogP contribution < -0.4 is 18.9 Å². The lowest BCUT2D eigenvalue weighted by Crippen LogP contribution is -2.20. The number of Topliss-reactive ketones (excluding diaryl/α,β-unsaturated/α-hetero) is 1. The first-order valence-corrected chi connectivity index (χ1v) is 9.12. The Morgan fingerprint density at radius 2 is 1.79 bits per heavy atom. The number of hydrogen-bond acceptors (Lipinski definition) is 7. The molecule has 0 saturated carbocycles. The van der Waals surface area contributed by atoms with E-state index in [0.29, 0.717) is 41.8 Å². The maximum Gasteiger partial charge on any atom is 0.344 e. The van der Waals surface area contributed by atoms with Crippen molar-refractivity contribution in [2.75, 3.05) is 33.5 Å². The minimum atomic E-state index is -0.657. The molecule has 0 radical (unpaired) electrons. The van der Waals surface area contributed by atoms with E-state index in [4.69, 9.17) is 23.7 Å². The van der Waals surface area contributed by atoms with E-state index in [0.717, 1.165) is 5.56 Å². The lowest BCUT2D eigenvalue weighted by Gasteiger charge is -2.18. The van der Waals surface area contributed by atoms with Gasteiger partial charge in [-0.3, -0.25) is 4.79 Å². The number of benzene rings is 2. The second-order valence-corrected chi connectivity index (χ2v) is 6.14. The molecule has 2 aromatic rings. The Morgan fingerprint density at radius 1 is 1.00 bits per heavy atom. The van der Waals surface area contributed by atoms with Crippen molar-refractivity contribution in [1.82, 2.24) is 0 Å². The van der Waals surface area contributed by atoms with Gasteiger partial charge < -0.3 is 23.7 Å². The quantitative estimate of drug-likeness (QED) is 0.498. The molecule has 0 aliphatic carbocycles. The highest BCUT2D eigenvalue weighted by atomic mass is 16.6. The van der Waals surface area contributed by atoms with Crippen molar-refractivity contribution in [3.8, 4) is 23.0 Å². The average molecular weight is 398 g/mol. The molecule has 7 heteroatoms. The molecule has 0 N–H and O–H groups in total. The highest BCUT2D eigenvalue weighted by Crippen LogP contribution is 2.31. The van der Waals surface area contributed by atoms with Crippen molar-refractivity contribution in [1.29, 1.82) is 0 Å². The lowest BCUT2D eigenvalue weighted by atomic mass is 10.1. The topological polar surface area (TPSA) is 80.3 Å². The van der Waals surface area contributed by atoms with Crippen molar-refractivity contribution in [2.24, 2.45) is 0 Å². The summed E-state index contributed by atoms with van der Waals surface area (Å²) in [5.41, 5.74) is 1.33. The highest BCUT2D eigenvalue weighted by molar-refractivity contribution is 5.98. The number of hydrogen-bond donors (Lipinski definition) is 0. The third-order valence-electron chi connectivity index (χ3n) is 4.12. The van der Waals surface area contributed by atoms with Crippen LogP contribution in [0.4, 0.5) is 0 Å². The van der Waals surface area contributed by atoms with Crippen molar-refractivity contribution < 1.29 is 33.3 Å². The van der Waals surface area contributed by atoms with Gasteiger partial charge in [0.05, 0.1) is 7.11 Å². The van der Waals surface area contributed by atoms with Crippen molar-refractivity contribution in [3.63, 3.8) is 0 Å². The average Bonchev–Trinajstić information content (AvgIpc) is 2.76. The minimum Gasteiger partial charge on any atom is -0.493 e. The molecule has 1 aliphatic rings. The molecule has 0 atom stereocenters. The van der Waals surface area contributed by atoms with Gasteiger partial charge in [-0.15, -0.1) is 0 Å². The summed E-state index contributed by atoms with van der Waals surface area (Å²) in [5, 5.41) is 0. The van der Waals surface area contributed by atoms with Crippen LogP contribution in [0.3, 0.4) is 0 Å². The van der Waals surface area contributed by atoms with Crippen LogP contribution in [0.15, 0.2) is 42.5 Å². The van der Waals surface area contributed by atoms with Gasteiger partial charge >= 0.3 is 5.97 Å². The van der Waals surface area contributed by atoms with Gasteiger partial charge in [0, 0.05) is 5.56 Å². The first kappa shape index (κ1) is 20.3. The zero-order valence-electron chi connectivity index (χ0n) is 16.3. The minimum absolute atomic E-state index is 0.340. The van der Waals surface area contributed by atoms with Crippen LogP contribution in [0.5, 0.6) is 23.0 Å². The Kier molecular flexibility index (Phi) is 6.73. The third kappa shape index (κ3) is 5.28. The normalized spacial score (nSPS) is 12.5. The number of ketones is 1. The van der Waals surface area contributed by atoms with Gasteiger partial charge in [0.1, 0.15) is 13.2 Å². The fourth-order valence-electron chi connectivity index (χ4n) is 2.72. The molecule has 0 amide bonds. The lowest BCUT2D eigenvalue weighted by molar-refractivity contribution is -0.144. The number of ether oxygens (including phenoxy) is 5. The number of carbonyl (C=O) groups is 2. The number of methoxy groups -OCH3 is 1. The molecule has 0 bridgehead atoms. The van der Waals surface area contributed by atoms with Crippen LogP contribution in [-0.2, 0) is 9.53 Å². The Morgan fingerprint density at radius 3 is 2.55 bits per heavy atom. The highest BCUT2D eigenvalue weighted by Gasteiger charge is 2.16. The van der Waals surface area contributed by atoms with E-state index in [1.54, 1.807) is 30.3 Å². The zero-order chi connectivity index (χ0) is 20.6. The molecule has 0 spiro atoms. The molecular formula is C22H22O7. The van der Waals surface area contributed by atoms with Gasteiger partial charge in [0.15, 0.2) is 42.0 Å². The number of esters is 1. The second kappa shape index (κ2) is 9.64. The molecule has 0 fully saturated rings. The fraction of sp³-hybridized carbons (Fsp3) is 0.273. The molecule has 2 aromatic carbocycles. The number of carbonyl (C=O) groups excluding carboxylic acids is 2. The Balaban J connectivity index is 1.52. The van der Waals surface area contributed by atoms with E-state index in [-0.39, 0.29) is 19.0 Å². The van der Waals surface area contributed by atoms with Crippen LogP contribution in [0, 0.1) is 0 Å².